The molecule has 1 amide bonds. The molecule has 2 aliphatic carbocycles. The first-order valence-electron chi connectivity index (χ1n) is 6.82. The molecule has 2 rings (SSSR count). The molecule has 0 heterocycles. The predicted octanol–water partition coefficient (Wildman–Crippen LogP) is 2.04. The minimum absolute atomic E-state index is 0.0490. The molecular formula is C14H23NO3. The second kappa shape index (κ2) is 4.56. The van der Waals surface area contributed by atoms with E-state index in [9.17, 15) is 14.7 Å². The summed E-state index contributed by atoms with van der Waals surface area (Å²) < 4.78 is 0. The van der Waals surface area contributed by atoms with Crippen molar-refractivity contribution in [1.29, 1.82) is 0 Å². The Kier molecular flexibility index (Phi) is 3.39. The van der Waals surface area contributed by atoms with Crippen molar-refractivity contribution in [2.75, 3.05) is 0 Å². The van der Waals surface area contributed by atoms with E-state index in [1.807, 2.05) is 20.8 Å². The standard InChI is InChI=1S/C14H23NO3/c1-14(2,3)11(13(17)18)15-12(16)10-7-8-4-5-9(10)6-8/h8-11H,4-7H2,1-3H3,(H,15,16)(H,17,18)/t8?,9?,10?,11-/m1/s1. The molecular weight excluding hydrogens is 230 g/mol. The molecule has 0 aromatic carbocycles. The highest BCUT2D eigenvalue weighted by atomic mass is 16.4. The second-order valence-corrected chi connectivity index (χ2v) is 6.93. The first kappa shape index (κ1) is 13.4. The largest absolute Gasteiger partial charge is 0.480 e. The maximum atomic E-state index is 12.2. The Bertz CT molecular complexity index is 359. The van der Waals surface area contributed by atoms with Gasteiger partial charge in [0.25, 0.3) is 0 Å². The summed E-state index contributed by atoms with van der Waals surface area (Å²) in [6.45, 7) is 5.52. The molecule has 0 aromatic heterocycles. The van der Waals surface area contributed by atoms with Gasteiger partial charge < -0.3 is 10.4 Å². The third-order valence-electron chi connectivity index (χ3n) is 4.47. The van der Waals surface area contributed by atoms with Crippen molar-refractivity contribution in [2.45, 2.75) is 52.5 Å². The van der Waals surface area contributed by atoms with Crippen molar-refractivity contribution in [3.05, 3.63) is 0 Å². The third kappa shape index (κ3) is 2.52. The Morgan fingerprint density at radius 1 is 1.22 bits per heavy atom. The van der Waals surface area contributed by atoms with Crippen LogP contribution in [0.3, 0.4) is 0 Å². The fourth-order valence-corrected chi connectivity index (χ4v) is 3.46. The molecule has 4 heteroatoms. The van der Waals surface area contributed by atoms with Crippen LogP contribution in [0.15, 0.2) is 0 Å². The summed E-state index contributed by atoms with van der Waals surface area (Å²) in [7, 11) is 0. The topological polar surface area (TPSA) is 66.4 Å². The molecule has 0 aliphatic heterocycles. The smallest absolute Gasteiger partial charge is 0.326 e. The number of hydrogen-bond acceptors (Lipinski definition) is 2. The Hall–Kier alpha value is -1.06. The molecule has 3 unspecified atom stereocenters. The Balaban J connectivity index is 2.00. The van der Waals surface area contributed by atoms with Gasteiger partial charge in [0.1, 0.15) is 6.04 Å². The number of carbonyl (C=O) groups excluding carboxylic acids is 1. The van der Waals surface area contributed by atoms with Crippen molar-refractivity contribution in [3.63, 3.8) is 0 Å². The molecule has 18 heavy (non-hydrogen) atoms. The molecule has 0 radical (unpaired) electrons. The number of carbonyl (C=O) groups is 2. The number of aliphatic carboxylic acids is 1. The van der Waals surface area contributed by atoms with E-state index in [1.165, 1.54) is 6.42 Å². The summed E-state index contributed by atoms with van der Waals surface area (Å²) >= 11 is 0. The molecule has 2 fully saturated rings. The van der Waals surface area contributed by atoms with Crippen LogP contribution < -0.4 is 5.32 Å². The first-order chi connectivity index (χ1) is 8.29. The minimum atomic E-state index is -0.945. The molecule has 102 valence electrons. The normalized spacial score (nSPS) is 32.3. The van der Waals surface area contributed by atoms with Crippen LogP contribution in [-0.2, 0) is 9.59 Å². The lowest BCUT2D eigenvalue weighted by Gasteiger charge is -2.30. The van der Waals surface area contributed by atoms with Gasteiger partial charge in [-0.3, -0.25) is 4.79 Å². The number of fused-ring (bicyclic) bond motifs is 2. The van der Waals surface area contributed by atoms with Gasteiger partial charge in [0, 0.05) is 5.92 Å². The summed E-state index contributed by atoms with van der Waals surface area (Å²) in [5.41, 5.74) is -0.459. The van der Waals surface area contributed by atoms with Crippen molar-refractivity contribution in [1.82, 2.24) is 5.32 Å². The van der Waals surface area contributed by atoms with Crippen molar-refractivity contribution in [2.24, 2.45) is 23.2 Å². The lowest BCUT2D eigenvalue weighted by molar-refractivity contribution is -0.146. The predicted molar refractivity (Wildman–Crippen MR) is 68.0 cm³/mol. The fourth-order valence-electron chi connectivity index (χ4n) is 3.46. The lowest BCUT2D eigenvalue weighted by atomic mass is 9.84. The van der Waals surface area contributed by atoms with Gasteiger partial charge in [-0.05, 0) is 36.5 Å². The van der Waals surface area contributed by atoms with Crippen LogP contribution in [0.4, 0.5) is 0 Å². The first-order valence-corrected chi connectivity index (χ1v) is 6.82. The molecule has 0 saturated heterocycles. The average Bonchev–Trinajstić information content (AvgIpc) is 2.84. The molecule has 2 saturated carbocycles. The van der Waals surface area contributed by atoms with Gasteiger partial charge in [-0.1, -0.05) is 27.2 Å². The summed E-state index contributed by atoms with van der Waals surface area (Å²) in [5, 5.41) is 12.0. The van der Waals surface area contributed by atoms with E-state index in [4.69, 9.17) is 0 Å². The molecule has 2 aliphatic rings. The Morgan fingerprint density at radius 2 is 1.89 bits per heavy atom. The number of hydrogen-bond donors (Lipinski definition) is 2. The summed E-state index contributed by atoms with van der Waals surface area (Å²) in [6.07, 6.45) is 4.49. The molecule has 4 atom stereocenters. The van der Waals surface area contributed by atoms with Crippen molar-refractivity contribution >= 4 is 11.9 Å². The van der Waals surface area contributed by atoms with Crippen LogP contribution in [-0.4, -0.2) is 23.0 Å². The van der Waals surface area contributed by atoms with Gasteiger partial charge in [-0.25, -0.2) is 4.79 Å². The minimum Gasteiger partial charge on any atom is -0.480 e. The maximum Gasteiger partial charge on any atom is 0.326 e. The van der Waals surface area contributed by atoms with Crippen LogP contribution >= 0.6 is 0 Å². The van der Waals surface area contributed by atoms with Crippen LogP contribution in [0.1, 0.15) is 46.5 Å². The molecule has 2 bridgehead atoms. The number of rotatable bonds is 3. The Labute approximate surface area is 108 Å². The maximum absolute atomic E-state index is 12.2. The van der Waals surface area contributed by atoms with Gasteiger partial charge in [-0.15, -0.1) is 0 Å². The van der Waals surface area contributed by atoms with Gasteiger partial charge in [0.05, 0.1) is 0 Å². The number of carboxylic acids is 1. The van der Waals surface area contributed by atoms with Gasteiger partial charge in [0.15, 0.2) is 0 Å². The zero-order chi connectivity index (χ0) is 13.5. The van der Waals surface area contributed by atoms with E-state index in [0.29, 0.717) is 11.8 Å². The molecule has 4 nitrogen and oxygen atoms in total. The highest BCUT2D eigenvalue weighted by molar-refractivity contribution is 5.86. The van der Waals surface area contributed by atoms with Crippen LogP contribution in [0.5, 0.6) is 0 Å². The van der Waals surface area contributed by atoms with Crippen molar-refractivity contribution < 1.29 is 14.7 Å². The molecule has 0 aromatic rings. The monoisotopic (exact) mass is 253 g/mol. The van der Waals surface area contributed by atoms with Gasteiger partial charge in [0.2, 0.25) is 5.91 Å². The van der Waals surface area contributed by atoms with E-state index >= 15 is 0 Å². The third-order valence-corrected chi connectivity index (χ3v) is 4.47. The van der Waals surface area contributed by atoms with E-state index in [1.54, 1.807) is 0 Å². The van der Waals surface area contributed by atoms with E-state index in [2.05, 4.69) is 5.32 Å². The zero-order valence-electron chi connectivity index (χ0n) is 11.4. The lowest BCUT2D eigenvalue weighted by Crippen LogP contribution is -2.51. The zero-order valence-corrected chi connectivity index (χ0v) is 11.4. The Morgan fingerprint density at radius 3 is 2.28 bits per heavy atom. The van der Waals surface area contributed by atoms with Crippen molar-refractivity contribution in [3.8, 4) is 0 Å². The van der Waals surface area contributed by atoms with E-state index in [-0.39, 0.29) is 11.8 Å². The quantitative estimate of drug-likeness (QED) is 0.809. The average molecular weight is 253 g/mol. The van der Waals surface area contributed by atoms with Gasteiger partial charge >= 0.3 is 5.97 Å². The van der Waals surface area contributed by atoms with E-state index < -0.39 is 17.4 Å². The number of amides is 1. The van der Waals surface area contributed by atoms with Crippen LogP contribution in [0, 0.1) is 23.2 Å². The molecule has 2 N–H and O–H groups in total. The summed E-state index contributed by atoms with van der Waals surface area (Å²) in [5.74, 6) is 0.240. The SMILES string of the molecule is CC(C)(C)[C@H](NC(=O)C1CC2CCC1C2)C(=O)O. The number of nitrogens with one attached hydrogen (secondary N) is 1. The van der Waals surface area contributed by atoms with Crippen LogP contribution in [0.25, 0.3) is 0 Å². The van der Waals surface area contributed by atoms with E-state index in [0.717, 1.165) is 19.3 Å². The number of carboxylic acid groups (broad SMARTS) is 1. The second-order valence-electron chi connectivity index (χ2n) is 6.93. The molecule has 0 spiro atoms. The van der Waals surface area contributed by atoms with Crippen LogP contribution in [0.2, 0.25) is 0 Å². The summed E-state index contributed by atoms with van der Waals surface area (Å²) in [4.78, 5) is 23.5. The fraction of sp³-hybridized carbons (Fsp3) is 0.857. The van der Waals surface area contributed by atoms with Gasteiger partial charge in [-0.2, -0.15) is 0 Å². The highest BCUT2D eigenvalue weighted by Gasteiger charge is 2.44. The highest BCUT2D eigenvalue weighted by Crippen LogP contribution is 2.48. The summed E-state index contributed by atoms with van der Waals surface area (Å²) in [6, 6.07) is -0.802.